The molecule has 2 fully saturated rings. The number of anilines is 3. The number of ether oxygens (including phenoxy) is 2. The monoisotopic (exact) mass is 496 g/mol. The van der Waals surface area contributed by atoms with Gasteiger partial charge in [-0.15, -0.1) is 0 Å². The quantitative estimate of drug-likeness (QED) is 0.588. The van der Waals surface area contributed by atoms with Gasteiger partial charge in [-0.25, -0.2) is 0 Å². The summed E-state index contributed by atoms with van der Waals surface area (Å²) in [5, 5.41) is 7.03. The van der Waals surface area contributed by atoms with Crippen molar-refractivity contribution in [1.82, 2.24) is 15.3 Å². The summed E-state index contributed by atoms with van der Waals surface area (Å²) in [6, 6.07) is 8.60. The van der Waals surface area contributed by atoms with Crippen LogP contribution in [-0.4, -0.2) is 54.0 Å². The highest BCUT2D eigenvalue weighted by molar-refractivity contribution is 7.80. The van der Waals surface area contributed by atoms with Crippen molar-refractivity contribution in [2.24, 2.45) is 5.92 Å². The van der Waals surface area contributed by atoms with E-state index in [1.165, 1.54) is 32.1 Å². The van der Waals surface area contributed by atoms with Gasteiger partial charge in [0.25, 0.3) is 0 Å². The molecule has 3 aliphatic rings. The molecular formula is C26H36N6O2S. The summed E-state index contributed by atoms with van der Waals surface area (Å²) in [7, 11) is 0. The van der Waals surface area contributed by atoms with Gasteiger partial charge in [-0.3, -0.25) is 0 Å². The predicted molar refractivity (Wildman–Crippen MR) is 144 cm³/mol. The van der Waals surface area contributed by atoms with Gasteiger partial charge in [-0.1, -0.05) is 13.0 Å². The molecule has 4 heterocycles. The molecule has 0 spiro atoms. The highest BCUT2D eigenvalue weighted by Crippen LogP contribution is 2.31. The number of hydrogen-bond donors (Lipinski definition) is 2. The van der Waals surface area contributed by atoms with Crippen LogP contribution in [0.3, 0.4) is 0 Å². The molecule has 35 heavy (non-hydrogen) atoms. The van der Waals surface area contributed by atoms with Gasteiger partial charge < -0.3 is 29.9 Å². The second kappa shape index (κ2) is 10.8. The van der Waals surface area contributed by atoms with Crippen molar-refractivity contribution in [2.45, 2.75) is 58.5 Å². The Morgan fingerprint density at radius 3 is 2.66 bits per heavy atom. The second-order valence-electron chi connectivity index (χ2n) is 9.93. The Morgan fingerprint density at radius 2 is 1.83 bits per heavy atom. The normalized spacial score (nSPS) is 22.0. The van der Waals surface area contributed by atoms with Crippen LogP contribution in [0, 0.1) is 5.92 Å². The SMILES string of the molecule is C[C@H]1CCCN(c2cc(N3CCCC[C@H]3C)nc(NC(=S)NCc3ccc4c(c3)OCCO4)n2)C1. The first-order chi connectivity index (χ1) is 17.0. The molecule has 0 aliphatic carbocycles. The molecule has 2 saturated heterocycles. The van der Waals surface area contributed by atoms with Crippen LogP contribution in [0.15, 0.2) is 24.3 Å². The molecular weight excluding hydrogens is 460 g/mol. The average molecular weight is 497 g/mol. The lowest BCUT2D eigenvalue weighted by Gasteiger charge is -2.36. The molecule has 1 aromatic heterocycles. The lowest BCUT2D eigenvalue weighted by molar-refractivity contribution is 0.171. The Morgan fingerprint density at radius 1 is 1.00 bits per heavy atom. The largest absolute Gasteiger partial charge is 0.486 e. The average Bonchev–Trinajstić information content (AvgIpc) is 2.87. The van der Waals surface area contributed by atoms with Crippen LogP contribution in [-0.2, 0) is 6.54 Å². The minimum atomic E-state index is 0.472. The smallest absolute Gasteiger partial charge is 0.232 e. The van der Waals surface area contributed by atoms with E-state index in [0.29, 0.717) is 42.8 Å². The summed E-state index contributed by atoms with van der Waals surface area (Å²) in [5.41, 5.74) is 1.07. The van der Waals surface area contributed by atoms with E-state index < -0.39 is 0 Å². The lowest BCUT2D eigenvalue weighted by atomic mass is 10.0. The van der Waals surface area contributed by atoms with Crippen LogP contribution in [0.4, 0.5) is 17.6 Å². The number of hydrogen-bond acceptors (Lipinski definition) is 7. The molecule has 188 valence electrons. The standard InChI is InChI=1S/C26H36N6O2S/c1-18-6-5-10-31(17-18)23-15-24(32-11-4-3-7-19(32)2)29-25(28-23)30-26(35)27-16-20-8-9-21-22(14-20)34-13-12-33-21/h8-9,14-15,18-19H,3-7,10-13,16-17H2,1-2H3,(H2,27,28,29,30,35)/t18-,19+/m0/s1. The maximum absolute atomic E-state index is 5.69. The molecule has 2 atom stereocenters. The van der Waals surface area contributed by atoms with Crippen molar-refractivity contribution in [3.05, 3.63) is 29.8 Å². The number of fused-ring (bicyclic) bond motifs is 1. The molecule has 1 aromatic carbocycles. The van der Waals surface area contributed by atoms with Gasteiger partial charge in [0.1, 0.15) is 24.8 Å². The van der Waals surface area contributed by atoms with Crippen LogP contribution in [0.2, 0.25) is 0 Å². The molecule has 3 aliphatic heterocycles. The molecule has 0 bridgehead atoms. The van der Waals surface area contributed by atoms with Crippen LogP contribution in [0.25, 0.3) is 0 Å². The first kappa shape index (κ1) is 23.9. The molecule has 8 nitrogen and oxygen atoms in total. The molecule has 0 unspecified atom stereocenters. The number of nitrogens with one attached hydrogen (secondary N) is 2. The Labute approximate surface area is 213 Å². The molecule has 2 aromatic rings. The molecule has 9 heteroatoms. The van der Waals surface area contributed by atoms with Gasteiger partial charge in [-0.2, -0.15) is 9.97 Å². The Hall–Kier alpha value is -2.81. The van der Waals surface area contributed by atoms with E-state index in [9.17, 15) is 0 Å². The zero-order chi connectivity index (χ0) is 24.2. The molecule has 2 N–H and O–H groups in total. The van der Waals surface area contributed by atoms with Crippen LogP contribution >= 0.6 is 12.2 Å². The first-order valence-electron chi connectivity index (χ1n) is 12.9. The third-order valence-electron chi connectivity index (χ3n) is 7.06. The topological polar surface area (TPSA) is 74.8 Å². The highest BCUT2D eigenvalue weighted by atomic mass is 32.1. The summed E-state index contributed by atoms with van der Waals surface area (Å²) >= 11 is 5.61. The predicted octanol–water partition coefficient (Wildman–Crippen LogP) is 4.35. The molecule has 0 radical (unpaired) electrons. The van der Waals surface area contributed by atoms with Gasteiger partial charge in [0.2, 0.25) is 5.95 Å². The van der Waals surface area contributed by atoms with E-state index >= 15 is 0 Å². The Kier molecular flexibility index (Phi) is 7.41. The van der Waals surface area contributed by atoms with Gasteiger partial charge in [0.05, 0.1) is 0 Å². The fourth-order valence-corrected chi connectivity index (χ4v) is 5.31. The minimum absolute atomic E-state index is 0.472. The number of rotatable bonds is 5. The third kappa shape index (κ3) is 5.89. The Bertz CT molecular complexity index is 1050. The summed E-state index contributed by atoms with van der Waals surface area (Å²) < 4.78 is 11.3. The van der Waals surface area contributed by atoms with E-state index in [2.05, 4.69) is 40.3 Å². The van der Waals surface area contributed by atoms with Crippen molar-refractivity contribution >= 4 is 34.9 Å². The van der Waals surface area contributed by atoms with E-state index in [0.717, 1.165) is 48.3 Å². The number of nitrogens with zero attached hydrogens (tertiary/aromatic N) is 4. The molecule has 0 amide bonds. The maximum Gasteiger partial charge on any atom is 0.232 e. The van der Waals surface area contributed by atoms with Crippen molar-refractivity contribution in [3.8, 4) is 11.5 Å². The van der Waals surface area contributed by atoms with Gasteiger partial charge in [0, 0.05) is 38.3 Å². The first-order valence-corrected chi connectivity index (χ1v) is 13.3. The van der Waals surface area contributed by atoms with E-state index in [1.54, 1.807) is 0 Å². The zero-order valence-corrected chi connectivity index (χ0v) is 21.6. The van der Waals surface area contributed by atoms with E-state index in [1.807, 2.05) is 18.2 Å². The number of piperidine rings is 2. The summed E-state index contributed by atoms with van der Waals surface area (Å²) in [6.07, 6.45) is 6.13. The van der Waals surface area contributed by atoms with Gasteiger partial charge in [-0.05, 0) is 74.9 Å². The Balaban J connectivity index is 1.30. The van der Waals surface area contributed by atoms with Gasteiger partial charge in [0.15, 0.2) is 16.6 Å². The summed E-state index contributed by atoms with van der Waals surface area (Å²) in [5.74, 6) is 4.75. The molecule has 5 rings (SSSR count). The summed E-state index contributed by atoms with van der Waals surface area (Å²) in [6.45, 7) is 9.42. The number of aromatic nitrogens is 2. The van der Waals surface area contributed by atoms with Crippen LogP contribution in [0.5, 0.6) is 11.5 Å². The van der Waals surface area contributed by atoms with Gasteiger partial charge >= 0.3 is 0 Å². The van der Waals surface area contributed by atoms with Crippen molar-refractivity contribution in [1.29, 1.82) is 0 Å². The van der Waals surface area contributed by atoms with Crippen molar-refractivity contribution < 1.29 is 9.47 Å². The zero-order valence-electron chi connectivity index (χ0n) is 20.8. The third-order valence-corrected chi connectivity index (χ3v) is 7.31. The molecule has 0 saturated carbocycles. The number of thiocarbonyl (C=S) groups is 1. The maximum atomic E-state index is 5.69. The fraction of sp³-hybridized carbons (Fsp3) is 0.577. The van der Waals surface area contributed by atoms with Crippen molar-refractivity contribution in [3.63, 3.8) is 0 Å². The van der Waals surface area contributed by atoms with E-state index in [-0.39, 0.29) is 0 Å². The summed E-state index contributed by atoms with van der Waals surface area (Å²) in [4.78, 5) is 14.6. The van der Waals surface area contributed by atoms with Crippen LogP contribution in [0.1, 0.15) is 51.5 Å². The number of benzene rings is 1. The second-order valence-corrected chi connectivity index (χ2v) is 10.3. The fourth-order valence-electron chi connectivity index (χ4n) is 5.15. The lowest BCUT2D eigenvalue weighted by Crippen LogP contribution is -2.39. The van der Waals surface area contributed by atoms with E-state index in [4.69, 9.17) is 31.7 Å². The minimum Gasteiger partial charge on any atom is -0.486 e. The van der Waals surface area contributed by atoms with Crippen LogP contribution < -0.4 is 29.9 Å². The van der Waals surface area contributed by atoms with Crippen molar-refractivity contribution in [2.75, 3.05) is 48.0 Å². The highest BCUT2D eigenvalue weighted by Gasteiger charge is 2.24.